The monoisotopic (exact) mass is 374 g/mol. The number of aromatic nitrogens is 4. The largest absolute Gasteiger partial charge is 0.383 e. The van der Waals surface area contributed by atoms with E-state index < -0.39 is 0 Å². The number of halogens is 1. The molecular weight excluding hydrogens is 356 g/mol. The fraction of sp³-hybridized carbons (Fsp3) is 0.583. The van der Waals surface area contributed by atoms with Crippen molar-refractivity contribution in [2.75, 3.05) is 13.7 Å². The normalized spacial score (nSPS) is 13.0. The Morgan fingerprint density at radius 1 is 1.52 bits per heavy atom. The van der Waals surface area contributed by atoms with Crippen LogP contribution in [0.4, 0.5) is 0 Å². The lowest BCUT2D eigenvalue weighted by atomic mass is 10.0. The summed E-state index contributed by atoms with van der Waals surface area (Å²) in [6.45, 7) is 5.41. The highest BCUT2D eigenvalue weighted by Crippen LogP contribution is 2.33. The van der Waals surface area contributed by atoms with Crippen LogP contribution in [0.5, 0.6) is 0 Å². The van der Waals surface area contributed by atoms with Crippen LogP contribution >= 0.6 is 27.5 Å². The van der Waals surface area contributed by atoms with Crippen LogP contribution in [-0.4, -0.2) is 33.1 Å². The average molecular weight is 375 g/mol. The summed E-state index contributed by atoms with van der Waals surface area (Å²) in [5.74, 6) is 6.08. The van der Waals surface area contributed by atoms with Crippen molar-refractivity contribution in [3.8, 4) is 0 Å². The fourth-order valence-electron chi connectivity index (χ4n) is 2.10. The molecule has 0 saturated heterocycles. The summed E-state index contributed by atoms with van der Waals surface area (Å²) in [7, 11) is 1.67. The lowest BCUT2D eigenvalue weighted by Gasteiger charge is -2.18. The Bertz CT molecular complexity index is 584. The molecule has 21 heavy (non-hydrogen) atoms. The number of hydrogen-bond acceptors (Lipinski definition) is 7. The van der Waals surface area contributed by atoms with Gasteiger partial charge in [0.2, 0.25) is 0 Å². The molecule has 0 saturated carbocycles. The van der Waals surface area contributed by atoms with E-state index in [2.05, 4.69) is 49.9 Å². The minimum absolute atomic E-state index is 0.212. The van der Waals surface area contributed by atoms with Crippen molar-refractivity contribution in [1.82, 2.24) is 24.8 Å². The van der Waals surface area contributed by atoms with Crippen molar-refractivity contribution in [3.05, 3.63) is 26.9 Å². The summed E-state index contributed by atoms with van der Waals surface area (Å²) in [5, 5.41) is 8.58. The van der Waals surface area contributed by atoms with Gasteiger partial charge in [-0.2, -0.15) is 5.10 Å². The number of methoxy groups -OCH3 is 1. The van der Waals surface area contributed by atoms with Crippen LogP contribution in [0.25, 0.3) is 0 Å². The zero-order valence-electron chi connectivity index (χ0n) is 12.2. The van der Waals surface area contributed by atoms with Crippen LogP contribution in [0, 0.1) is 0 Å². The van der Waals surface area contributed by atoms with Crippen LogP contribution in [0.1, 0.15) is 42.1 Å². The number of ether oxygens (including phenoxy) is 1. The lowest BCUT2D eigenvalue weighted by molar-refractivity contribution is 0.182. The summed E-state index contributed by atoms with van der Waals surface area (Å²) in [5.41, 5.74) is 4.76. The number of hydrazine groups is 1. The van der Waals surface area contributed by atoms with E-state index in [1.54, 1.807) is 13.3 Å². The second-order valence-electron chi connectivity index (χ2n) is 4.87. The number of nitrogens with zero attached hydrogens (tertiary/aromatic N) is 4. The zero-order chi connectivity index (χ0) is 15.4. The summed E-state index contributed by atoms with van der Waals surface area (Å²) < 4.78 is 12.0. The molecule has 2 heterocycles. The third-order valence-corrected chi connectivity index (χ3v) is 4.55. The third-order valence-electron chi connectivity index (χ3n) is 3.13. The quantitative estimate of drug-likeness (QED) is 0.567. The molecular formula is C12H19BrN6OS. The maximum atomic E-state index is 5.80. The summed E-state index contributed by atoms with van der Waals surface area (Å²) in [6, 6.07) is -0.212. The van der Waals surface area contributed by atoms with Crippen molar-refractivity contribution in [2.24, 2.45) is 5.84 Å². The third kappa shape index (κ3) is 3.49. The maximum Gasteiger partial charge on any atom is 0.102 e. The van der Waals surface area contributed by atoms with Gasteiger partial charge in [0.1, 0.15) is 6.04 Å². The van der Waals surface area contributed by atoms with Gasteiger partial charge < -0.3 is 4.74 Å². The van der Waals surface area contributed by atoms with E-state index >= 15 is 0 Å². The van der Waals surface area contributed by atoms with Gasteiger partial charge in [-0.05, 0) is 33.4 Å². The number of nitrogens with two attached hydrogens (primary N) is 1. The SMILES string of the molecule is COCCn1ncc(Br)c1C(NN)c1snnc1C(C)C. The molecule has 0 amide bonds. The van der Waals surface area contributed by atoms with E-state index in [9.17, 15) is 0 Å². The van der Waals surface area contributed by atoms with Gasteiger partial charge in [0.15, 0.2) is 0 Å². The molecule has 116 valence electrons. The Hall–Kier alpha value is -0.870. The van der Waals surface area contributed by atoms with E-state index in [0.29, 0.717) is 13.2 Å². The molecule has 2 rings (SSSR count). The smallest absolute Gasteiger partial charge is 0.102 e. The Morgan fingerprint density at radius 3 is 2.90 bits per heavy atom. The Labute approximate surface area is 136 Å². The van der Waals surface area contributed by atoms with Gasteiger partial charge in [-0.1, -0.05) is 18.3 Å². The molecule has 2 aromatic heterocycles. The van der Waals surface area contributed by atoms with Gasteiger partial charge >= 0.3 is 0 Å². The predicted octanol–water partition coefficient (Wildman–Crippen LogP) is 1.82. The molecule has 0 aliphatic rings. The fourth-order valence-corrected chi connectivity index (χ4v) is 3.50. The van der Waals surface area contributed by atoms with Gasteiger partial charge in [0, 0.05) is 7.11 Å². The lowest BCUT2D eigenvalue weighted by Crippen LogP contribution is -2.31. The van der Waals surface area contributed by atoms with Gasteiger partial charge in [-0.15, -0.1) is 5.10 Å². The van der Waals surface area contributed by atoms with Crippen molar-refractivity contribution >= 4 is 27.5 Å². The van der Waals surface area contributed by atoms with Gasteiger partial charge in [0.05, 0.1) is 40.1 Å². The Kier molecular flexibility index (Phi) is 5.82. The van der Waals surface area contributed by atoms with E-state index in [1.807, 2.05) is 4.68 Å². The van der Waals surface area contributed by atoms with Crippen LogP contribution in [0.2, 0.25) is 0 Å². The molecule has 0 spiro atoms. The zero-order valence-corrected chi connectivity index (χ0v) is 14.6. The van der Waals surface area contributed by atoms with E-state index in [-0.39, 0.29) is 12.0 Å². The molecule has 0 aliphatic heterocycles. The topological polar surface area (TPSA) is 90.9 Å². The second-order valence-corrected chi connectivity index (χ2v) is 6.51. The molecule has 2 aromatic rings. The van der Waals surface area contributed by atoms with Crippen molar-refractivity contribution in [2.45, 2.75) is 32.4 Å². The molecule has 0 bridgehead atoms. The highest BCUT2D eigenvalue weighted by atomic mass is 79.9. The van der Waals surface area contributed by atoms with Crippen LogP contribution in [0.3, 0.4) is 0 Å². The van der Waals surface area contributed by atoms with Crippen molar-refractivity contribution in [1.29, 1.82) is 0 Å². The molecule has 1 unspecified atom stereocenters. The summed E-state index contributed by atoms with van der Waals surface area (Å²) in [6.07, 6.45) is 1.76. The van der Waals surface area contributed by atoms with Crippen molar-refractivity contribution in [3.63, 3.8) is 0 Å². The van der Waals surface area contributed by atoms with Gasteiger partial charge in [-0.3, -0.25) is 10.5 Å². The van der Waals surface area contributed by atoms with E-state index in [1.165, 1.54) is 11.5 Å². The first kappa shape index (κ1) is 16.5. The molecule has 7 nitrogen and oxygen atoms in total. The van der Waals surface area contributed by atoms with E-state index in [0.717, 1.165) is 20.7 Å². The van der Waals surface area contributed by atoms with Crippen LogP contribution in [0.15, 0.2) is 10.7 Å². The summed E-state index contributed by atoms with van der Waals surface area (Å²) in [4.78, 5) is 1.01. The first-order valence-corrected chi connectivity index (χ1v) is 8.15. The van der Waals surface area contributed by atoms with Gasteiger partial charge in [0.25, 0.3) is 0 Å². The molecule has 0 aromatic carbocycles. The minimum Gasteiger partial charge on any atom is -0.383 e. The van der Waals surface area contributed by atoms with E-state index in [4.69, 9.17) is 10.6 Å². The van der Waals surface area contributed by atoms with Crippen LogP contribution in [-0.2, 0) is 11.3 Å². The molecule has 1 atom stereocenters. The van der Waals surface area contributed by atoms with Crippen molar-refractivity contribution < 1.29 is 4.74 Å². The minimum atomic E-state index is -0.212. The van der Waals surface area contributed by atoms with Crippen LogP contribution < -0.4 is 11.3 Å². The standard InChI is InChI=1S/C12H19BrN6OS/c1-7(2)9-12(21-18-17-9)10(16-14)11-8(13)6-15-19(11)4-5-20-3/h6-7,10,16H,4-5,14H2,1-3H3. The number of rotatable bonds is 7. The summed E-state index contributed by atoms with van der Waals surface area (Å²) >= 11 is 4.90. The first-order valence-electron chi connectivity index (χ1n) is 6.58. The number of nitrogens with one attached hydrogen (secondary N) is 1. The first-order chi connectivity index (χ1) is 10.1. The highest BCUT2D eigenvalue weighted by molar-refractivity contribution is 9.10. The molecule has 0 fully saturated rings. The second kappa shape index (κ2) is 7.41. The Morgan fingerprint density at radius 2 is 2.29 bits per heavy atom. The van der Waals surface area contributed by atoms with Gasteiger partial charge in [-0.25, -0.2) is 5.43 Å². The number of hydrogen-bond donors (Lipinski definition) is 2. The Balaban J connectivity index is 2.41. The maximum absolute atomic E-state index is 5.80. The molecule has 0 radical (unpaired) electrons. The highest BCUT2D eigenvalue weighted by Gasteiger charge is 2.26. The molecule has 9 heteroatoms. The molecule has 0 aliphatic carbocycles. The average Bonchev–Trinajstić information content (AvgIpc) is 3.07. The predicted molar refractivity (Wildman–Crippen MR) is 85.0 cm³/mol. The molecule has 3 N–H and O–H groups in total.